The molecule has 0 aliphatic carbocycles. The summed E-state index contributed by atoms with van der Waals surface area (Å²) in [5.74, 6) is 1.82. The van der Waals surface area contributed by atoms with Gasteiger partial charge in [-0.05, 0) is 13.8 Å². The highest BCUT2D eigenvalue weighted by Gasteiger charge is 2.33. The zero-order valence-electron chi connectivity index (χ0n) is 6.68. The fourth-order valence-corrected chi connectivity index (χ4v) is 4.37. The van der Waals surface area contributed by atoms with Gasteiger partial charge in [-0.25, -0.2) is 0 Å². The third-order valence-corrected chi connectivity index (χ3v) is 4.49. The summed E-state index contributed by atoms with van der Waals surface area (Å²) in [7, 11) is 0. The Kier molecular flexibility index (Phi) is 1.74. The number of thiophene rings is 1. The van der Waals surface area contributed by atoms with Crippen LogP contribution in [0.5, 0.6) is 0 Å². The minimum absolute atomic E-state index is 0.352. The lowest BCUT2D eigenvalue weighted by Crippen LogP contribution is -1.96. The molecule has 0 saturated heterocycles. The molecule has 1 aliphatic rings. The van der Waals surface area contributed by atoms with Gasteiger partial charge in [0.15, 0.2) is 22.7 Å². The van der Waals surface area contributed by atoms with Crippen LogP contribution in [0, 0.1) is 13.8 Å². The van der Waals surface area contributed by atoms with Crippen molar-refractivity contribution in [1.82, 2.24) is 0 Å². The number of aryl methyl sites for hydroxylation is 2. The van der Waals surface area contributed by atoms with Gasteiger partial charge in [-0.3, -0.25) is 0 Å². The first-order valence-electron chi connectivity index (χ1n) is 3.63. The molecule has 2 heterocycles. The van der Waals surface area contributed by atoms with Gasteiger partial charge >= 0.3 is 0 Å². The normalized spacial score (nSPS) is 17.4. The van der Waals surface area contributed by atoms with E-state index in [1.54, 1.807) is 0 Å². The quantitative estimate of drug-likeness (QED) is 0.619. The molecule has 1 aromatic rings. The summed E-state index contributed by atoms with van der Waals surface area (Å²) >= 11 is 1.51. The second-order valence-corrected chi connectivity index (χ2v) is 5.85. The molecule has 1 aliphatic heterocycles. The SMILES string of the molecule is Cc1sc(C)c2c1C[S+](O)C2. The van der Waals surface area contributed by atoms with Crippen molar-refractivity contribution in [2.24, 2.45) is 0 Å². The predicted octanol–water partition coefficient (Wildman–Crippen LogP) is 2.47. The molecule has 0 bridgehead atoms. The first-order chi connectivity index (χ1) is 5.18. The molecule has 11 heavy (non-hydrogen) atoms. The average molecular weight is 187 g/mol. The molecule has 0 amide bonds. The van der Waals surface area contributed by atoms with Gasteiger partial charge < -0.3 is 0 Å². The van der Waals surface area contributed by atoms with Crippen LogP contribution in [0.1, 0.15) is 20.9 Å². The monoisotopic (exact) mass is 187 g/mol. The molecule has 1 N–H and O–H groups in total. The Hall–Kier alpha value is 0.01000. The number of hydrogen-bond donors (Lipinski definition) is 1. The second-order valence-electron chi connectivity index (χ2n) is 2.92. The molecule has 0 spiro atoms. The van der Waals surface area contributed by atoms with Crippen LogP contribution in [0.2, 0.25) is 0 Å². The lowest BCUT2D eigenvalue weighted by Gasteiger charge is -1.87. The van der Waals surface area contributed by atoms with E-state index in [-0.39, 0.29) is 11.2 Å². The number of fused-ring (bicyclic) bond motifs is 1. The summed E-state index contributed by atoms with van der Waals surface area (Å²) in [6, 6.07) is 0. The number of hydrogen-bond acceptors (Lipinski definition) is 2. The molecule has 0 aromatic carbocycles. The van der Waals surface area contributed by atoms with E-state index in [4.69, 9.17) is 0 Å². The van der Waals surface area contributed by atoms with Gasteiger partial charge in [-0.1, -0.05) is 0 Å². The van der Waals surface area contributed by atoms with Crippen molar-refractivity contribution in [3.05, 3.63) is 20.9 Å². The molecule has 1 aromatic heterocycles. The van der Waals surface area contributed by atoms with Crippen LogP contribution in [0.4, 0.5) is 0 Å². The minimum atomic E-state index is -0.352. The molecule has 1 nitrogen and oxygen atoms in total. The van der Waals surface area contributed by atoms with E-state index in [2.05, 4.69) is 13.8 Å². The van der Waals surface area contributed by atoms with Gasteiger partial charge in [0.25, 0.3) is 0 Å². The molecule has 0 fully saturated rings. The maximum absolute atomic E-state index is 9.42. The zero-order valence-corrected chi connectivity index (χ0v) is 8.31. The molecule has 2 rings (SSSR count). The molecule has 3 heteroatoms. The second kappa shape index (κ2) is 2.51. The Bertz CT molecular complexity index is 264. The Morgan fingerprint density at radius 1 is 1.18 bits per heavy atom. The zero-order chi connectivity index (χ0) is 8.01. The van der Waals surface area contributed by atoms with E-state index in [1.165, 1.54) is 20.9 Å². The van der Waals surface area contributed by atoms with Gasteiger partial charge in [-0.2, -0.15) is 4.55 Å². The fourth-order valence-electron chi connectivity index (χ4n) is 1.54. The first kappa shape index (κ1) is 7.65. The van der Waals surface area contributed by atoms with E-state index < -0.39 is 0 Å². The van der Waals surface area contributed by atoms with E-state index in [0.29, 0.717) is 0 Å². The predicted molar refractivity (Wildman–Crippen MR) is 51.2 cm³/mol. The molecule has 0 radical (unpaired) electrons. The molecule has 0 unspecified atom stereocenters. The first-order valence-corrected chi connectivity index (χ1v) is 5.96. The average Bonchev–Trinajstić information content (AvgIpc) is 2.38. The van der Waals surface area contributed by atoms with Crippen LogP contribution in [-0.4, -0.2) is 4.55 Å². The Morgan fingerprint density at radius 2 is 1.64 bits per heavy atom. The van der Waals surface area contributed by atoms with E-state index in [9.17, 15) is 4.55 Å². The molecule has 0 atom stereocenters. The topological polar surface area (TPSA) is 20.2 Å². The fraction of sp³-hybridized carbons (Fsp3) is 0.500. The van der Waals surface area contributed by atoms with Crippen molar-refractivity contribution >= 4 is 22.5 Å². The van der Waals surface area contributed by atoms with Crippen LogP contribution in [0.25, 0.3) is 0 Å². The van der Waals surface area contributed by atoms with Gasteiger partial charge in [0.2, 0.25) is 0 Å². The van der Waals surface area contributed by atoms with E-state index in [0.717, 1.165) is 11.5 Å². The van der Waals surface area contributed by atoms with Crippen molar-refractivity contribution in [2.45, 2.75) is 25.4 Å². The summed E-state index contributed by atoms with van der Waals surface area (Å²) in [4.78, 5) is 2.81. The third kappa shape index (κ3) is 1.11. The summed E-state index contributed by atoms with van der Waals surface area (Å²) in [5, 5.41) is 0. The minimum Gasteiger partial charge on any atom is -0.187 e. The molecule has 60 valence electrons. The highest BCUT2D eigenvalue weighted by atomic mass is 32.2. The highest BCUT2D eigenvalue weighted by Crippen LogP contribution is 2.35. The maximum atomic E-state index is 9.42. The third-order valence-electron chi connectivity index (χ3n) is 2.14. The van der Waals surface area contributed by atoms with E-state index in [1.807, 2.05) is 11.3 Å². The van der Waals surface area contributed by atoms with Gasteiger partial charge in [0, 0.05) is 20.9 Å². The number of rotatable bonds is 0. The Morgan fingerprint density at radius 3 is 2.09 bits per heavy atom. The Labute approximate surface area is 73.6 Å². The standard InChI is InChI=1S/C8H11OS2/c1-5-7-3-11(9)4-8(7)6(2)10-5/h9H,3-4H2,1-2H3/q+1. The van der Waals surface area contributed by atoms with Crippen molar-refractivity contribution < 1.29 is 4.55 Å². The van der Waals surface area contributed by atoms with Crippen molar-refractivity contribution in [1.29, 1.82) is 0 Å². The summed E-state index contributed by atoms with van der Waals surface area (Å²) in [5.41, 5.74) is 2.86. The van der Waals surface area contributed by atoms with Gasteiger partial charge in [0.05, 0.1) is 0 Å². The van der Waals surface area contributed by atoms with Crippen LogP contribution < -0.4 is 0 Å². The van der Waals surface area contributed by atoms with Gasteiger partial charge in [-0.15, -0.1) is 11.3 Å². The highest BCUT2D eigenvalue weighted by molar-refractivity contribution is 7.90. The summed E-state index contributed by atoms with van der Waals surface area (Å²) < 4.78 is 9.42. The summed E-state index contributed by atoms with van der Waals surface area (Å²) in [6.07, 6.45) is 0. The maximum Gasteiger partial charge on any atom is 0.167 e. The van der Waals surface area contributed by atoms with Crippen molar-refractivity contribution in [3.8, 4) is 0 Å². The molecular formula is C8H11OS2+. The summed E-state index contributed by atoms with van der Waals surface area (Å²) in [6.45, 7) is 4.30. The molecule has 0 saturated carbocycles. The van der Waals surface area contributed by atoms with Crippen molar-refractivity contribution in [2.75, 3.05) is 0 Å². The van der Waals surface area contributed by atoms with E-state index >= 15 is 0 Å². The van der Waals surface area contributed by atoms with Crippen LogP contribution in [0.3, 0.4) is 0 Å². The lowest BCUT2D eigenvalue weighted by atomic mass is 10.2. The smallest absolute Gasteiger partial charge is 0.167 e. The molecular weight excluding hydrogens is 176 g/mol. The van der Waals surface area contributed by atoms with Crippen molar-refractivity contribution in [3.63, 3.8) is 0 Å². The lowest BCUT2D eigenvalue weighted by molar-refractivity contribution is 0.640. The van der Waals surface area contributed by atoms with Gasteiger partial charge in [0.1, 0.15) is 0 Å². The largest absolute Gasteiger partial charge is 0.187 e. The van der Waals surface area contributed by atoms with Crippen LogP contribution in [0.15, 0.2) is 0 Å². The van der Waals surface area contributed by atoms with Crippen LogP contribution >= 0.6 is 11.3 Å². The Balaban J connectivity index is 2.51. The van der Waals surface area contributed by atoms with Crippen LogP contribution in [-0.2, 0) is 22.7 Å².